The van der Waals surface area contributed by atoms with Gasteiger partial charge in [-0.05, 0) is 30.5 Å². The number of aromatic nitrogens is 1. The van der Waals surface area contributed by atoms with Crippen molar-refractivity contribution in [3.05, 3.63) is 46.5 Å². The summed E-state index contributed by atoms with van der Waals surface area (Å²) < 4.78 is 31.5. The SMILES string of the molecule is CCCC(NC(=O)Cc1cc(F)cc(F)c1)C(=O)Nc1ncc(CNC(CCC)C(=O)OC)s1. The van der Waals surface area contributed by atoms with E-state index in [2.05, 4.69) is 20.9 Å². The Labute approximate surface area is 201 Å². The van der Waals surface area contributed by atoms with E-state index in [9.17, 15) is 23.2 Å². The van der Waals surface area contributed by atoms with Gasteiger partial charge in [-0.1, -0.05) is 26.7 Å². The molecule has 8 nitrogen and oxygen atoms in total. The van der Waals surface area contributed by atoms with Crippen molar-refractivity contribution in [2.24, 2.45) is 0 Å². The number of ether oxygens (including phenoxy) is 1. The van der Waals surface area contributed by atoms with Crippen LogP contribution in [-0.4, -0.2) is 42.0 Å². The molecule has 0 fully saturated rings. The van der Waals surface area contributed by atoms with Gasteiger partial charge in [0.15, 0.2) is 5.13 Å². The van der Waals surface area contributed by atoms with Gasteiger partial charge in [0.25, 0.3) is 0 Å². The van der Waals surface area contributed by atoms with E-state index in [0.717, 1.165) is 29.5 Å². The molecule has 2 rings (SSSR count). The fraction of sp³-hybridized carbons (Fsp3) is 0.478. The zero-order valence-corrected chi connectivity index (χ0v) is 20.3. The Morgan fingerprint density at radius 2 is 1.71 bits per heavy atom. The number of methoxy groups -OCH3 is 1. The van der Waals surface area contributed by atoms with E-state index in [1.165, 1.54) is 18.4 Å². The summed E-state index contributed by atoms with van der Waals surface area (Å²) in [4.78, 5) is 41.9. The smallest absolute Gasteiger partial charge is 0.322 e. The van der Waals surface area contributed by atoms with Crippen LogP contribution < -0.4 is 16.0 Å². The van der Waals surface area contributed by atoms with Gasteiger partial charge in [0.1, 0.15) is 23.7 Å². The van der Waals surface area contributed by atoms with Gasteiger partial charge in [-0.2, -0.15) is 0 Å². The van der Waals surface area contributed by atoms with Crippen molar-refractivity contribution in [3.63, 3.8) is 0 Å². The maximum atomic E-state index is 13.4. The predicted octanol–water partition coefficient (Wildman–Crippen LogP) is 3.32. The summed E-state index contributed by atoms with van der Waals surface area (Å²) in [7, 11) is 1.34. The number of carbonyl (C=O) groups is 3. The molecule has 2 unspecified atom stereocenters. The van der Waals surface area contributed by atoms with Gasteiger partial charge in [-0.3, -0.25) is 19.7 Å². The van der Waals surface area contributed by atoms with Crippen molar-refractivity contribution in [3.8, 4) is 0 Å². The molecular weight excluding hydrogens is 466 g/mol. The number of rotatable bonds is 13. The van der Waals surface area contributed by atoms with E-state index in [4.69, 9.17) is 4.74 Å². The van der Waals surface area contributed by atoms with Crippen LogP contribution >= 0.6 is 11.3 Å². The second-order valence-electron chi connectivity index (χ2n) is 7.73. The van der Waals surface area contributed by atoms with Gasteiger partial charge in [0.2, 0.25) is 11.8 Å². The van der Waals surface area contributed by atoms with E-state index in [-0.39, 0.29) is 18.0 Å². The molecule has 11 heteroatoms. The third kappa shape index (κ3) is 8.79. The Morgan fingerprint density at radius 1 is 1.06 bits per heavy atom. The van der Waals surface area contributed by atoms with Gasteiger partial charge in [0, 0.05) is 23.7 Å². The molecule has 2 amide bonds. The number of hydrogen-bond donors (Lipinski definition) is 3. The molecule has 34 heavy (non-hydrogen) atoms. The van der Waals surface area contributed by atoms with E-state index < -0.39 is 35.5 Å². The molecule has 0 spiro atoms. The summed E-state index contributed by atoms with van der Waals surface area (Å²) in [6, 6.07) is 1.63. The minimum absolute atomic E-state index is 0.177. The standard InChI is InChI=1S/C23H30F2N4O4S/c1-4-6-18(28-20(30)10-14-8-15(24)11-16(25)9-14)21(31)29-23-27-13-17(34-23)12-26-19(7-5-2)22(32)33-3/h8-9,11,13,18-19,26H,4-7,10,12H2,1-3H3,(H,28,30)(H,27,29,31). The number of thiazole rings is 1. The third-order valence-corrected chi connectivity index (χ3v) is 5.80. The average Bonchev–Trinajstić information content (AvgIpc) is 3.22. The summed E-state index contributed by atoms with van der Waals surface area (Å²) in [5.41, 5.74) is 0.177. The number of nitrogens with one attached hydrogen (secondary N) is 3. The Bertz CT molecular complexity index is 965. The highest BCUT2D eigenvalue weighted by atomic mass is 32.1. The van der Waals surface area contributed by atoms with Crippen LogP contribution in [0.25, 0.3) is 0 Å². The molecule has 0 saturated carbocycles. The number of halogens is 2. The number of hydrogen-bond acceptors (Lipinski definition) is 7. The normalized spacial score (nSPS) is 12.6. The van der Waals surface area contributed by atoms with Crippen LogP contribution in [-0.2, 0) is 32.1 Å². The van der Waals surface area contributed by atoms with Gasteiger partial charge in [-0.25, -0.2) is 13.8 Å². The van der Waals surface area contributed by atoms with Crippen molar-refractivity contribution < 1.29 is 27.9 Å². The lowest BCUT2D eigenvalue weighted by atomic mass is 10.1. The molecule has 0 saturated heterocycles. The number of nitrogens with zero attached hydrogens (tertiary/aromatic N) is 1. The lowest BCUT2D eigenvalue weighted by Crippen LogP contribution is -2.44. The molecule has 1 aromatic heterocycles. The Kier molecular flexibility index (Phi) is 11.0. The van der Waals surface area contributed by atoms with Crippen LogP contribution in [0, 0.1) is 11.6 Å². The first-order valence-corrected chi connectivity index (χ1v) is 11.9. The fourth-order valence-electron chi connectivity index (χ4n) is 3.30. The topological polar surface area (TPSA) is 109 Å². The fourth-order valence-corrected chi connectivity index (χ4v) is 4.07. The molecule has 0 aliphatic rings. The van der Waals surface area contributed by atoms with Crippen molar-refractivity contribution in [2.45, 2.75) is 64.6 Å². The maximum absolute atomic E-state index is 13.4. The van der Waals surface area contributed by atoms with Crippen molar-refractivity contribution in [2.75, 3.05) is 12.4 Å². The zero-order chi connectivity index (χ0) is 25.1. The highest BCUT2D eigenvalue weighted by molar-refractivity contribution is 7.15. The summed E-state index contributed by atoms with van der Waals surface area (Å²) in [6.45, 7) is 4.22. The van der Waals surface area contributed by atoms with Crippen LogP contribution in [0.2, 0.25) is 0 Å². The molecule has 1 heterocycles. The van der Waals surface area contributed by atoms with Crippen LogP contribution in [0.15, 0.2) is 24.4 Å². The molecular formula is C23H30F2N4O4S. The van der Waals surface area contributed by atoms with Crippen LogP contribution in [0.5, 0.6) is 0 Å². The third-order valence-electron chi connectivity index (χ3n) is 4.89. The average molecular weight is 497 g/mol. The van der Waals surface area contributed by atoms with Crippen molar-refractivity contribution in [1.82, 2.24) is 15.6 Å². The van der Waals surface area contributed by atoms with E-state index in [0.29, 0.717) is 30.9 Å². The van der Waals surface area contributed by atoms with Crippen LogP contribution in [0.1, 0.15) is 50.0 Å². The van der Waals surface area contributed by atoms with Crippen molar-refractivity contribution in [1.29, 1.82) is 0 Å². The van der Waals surface area contributed by atoms with Gasteiger partial charge >= 0.3 is 5.97 Å². The number of benzene rings is 1. The molecule has 0 aliphatic heterocycles. The number of esters is 1. The molecule has 1 aromatic carbocycles. The van der Waals surface area contributed by atoms with Gasteiger partial charge in [-0.15, -0.1) is 11.3 Å². The highest BCUT2D eigenvalue weighted by Gasteiger charge is 2.22. The van der Waals surface area contributed by atoms with Crippen LogP contribution in [0.4, 0.5) is 13.9 Å². The second kappa shape index (κ2) is 13.7. The van der Waals surface area contributed by atoms with E-state index >= 15 is 0 Å². The predicted molar refractivity (Wildman–Crippen MR) is 125 cm³/mol. The summed E-state index contributed by atoms with van der Waals surface area (Å²) in [5, 5.41) is 8.80. The molecule has 0 aliphatic carbocycles. The quantitative estimate of drug-likeness (QED) is 0.367. The minimum Gasteiger partial charge on any atom is -0.468 e. The van der Waals surface area contributed by atoms with E-state index in [1.807, 2.05) is 13.8 Å². The van der Waals surface area contributed by atoms with Crippen LogP contribution in [0.3, 0.4) is 0 Å². The van der Waals surface area contributed by atoms with Gasteiger partial charge in [0.05, 0.1) is 13.5 Å². The second-order valence-corrected chi connectivity index (χ2v) is 8.84. The highest BCUT2D eigenvalue weighted by Crippen LogP contribution is 2.19. The Balaban J connectivity index is 1.94. The molecule has 3 N–H and O–H groups in total. The molecule has 2 aromatic rings. The summed E-state index contributed by atoms with van der Waals surface area (Å²) >= 11 is 1.25. The zero-order valence-electron chi connectivity index (χ0n) is 19.5. The first-order chi connectivity index (χ1) is 16.2. The molecule has 186 valence electrons. The van der Waals surface area contributed by atoms with Gasteiger partial charge < -0.3 is 15.4 Å². The lowest BCUT2D eigenvalue weighted by molar-refractivity contribution is -0.143. The lowest BCUT2D eigenvalue weighted by Gasteiger charge is -2.17. The number of anilines is 1. The maximum Gasteiger partial charge on any atom is 0.322 e. The number of carbonyl (C=O) groups excluding carboxylic acids is 3. The number of amides is 2. The van der Waals surface area contributed by atoms with Crippen molar-refractivity contribution >= 4 is 34.3 Å². The first kappa shape index (κ1) is 27.3. The molecule has 0 bridgehead atoms. The first-order valence-electron chi connectivity index (χ1n) is 11.1. The minimum atomic E-state index is -0.824. The summed E-state index contributed by atoms with van der Waals surface area (Å²) in [6.07, 6.45) is 3.80. The molecule has 2 atom stereocenters. The Morgan fingerprint density at radius 3 is 2.32 bits per heavy atom. The molecule has 0 radical (unpaired) electrons. The van der Waals surface area contributed by atoms with E-state index in [1.54, 1.807) is 6.20 Å². The monoisotopic (exact) mass is 496 g/mol. The summed E-state index contributed by atoms with van der Waals surface area (Å²) in [5.74, 6) is -2.83. The Hall–Kier alpha value is -2.92. The largest absolute Gasteiger partial charge is 0.468 e.